The Hall–Kier alpha value is -3.02. The molecule has 2 aromatic rings. The van der Waals surface area contributed by atoms with Gasteiger partial charge >= 0.3 is 0 Å². The summed E-state index contributed by atoms with van der Waals surface area (Å²) < 4.78 is 21.2. The second-order valence-electron chi connectivity index (χ2n) is 7.69. The van der Waals surface area contributed by atoms with Gasteiger partial charge in [-0.1, -0.05) is 6.07 Å². The van der Waals surface area contributed by atoms with Crippen molar-refractivity contribution in [2.75, 3.05) is 14.2 Å². The molecule has 0 aliphatic rings. The quantitative estimate of drug-likeness (QED) is 0.611. The van der Waals surface area contributed by atoms with Gasteiger partial charge in [0.15, 0.2) is 22.8 Å². The average molecular weight is 417 g/mol. The van der Waals surface area contributed by atoms with Crippen LogP contribution in [0.25, 0.3) is 0 Å². The summed E-state index contributed by atoms with van der Waals surface area (Å²) in [6.07, 6.45) is 0. The molecule has 0 fully saturated rings. The zero-order valence-corrected chi connectivity index (χ0v) is 19.1. The SMILES string of the molecule is COc1ccc(OC(C)(C)C(C)=O)cc1.COc1cccc(OC(C)(C)C(C)=O)c1. The Morgan fingerprint density at radius 3 is 1.47 bits per heavy atom. The molecule has 0 atom stereocenters. The van der Waals surface area contributed by atoms with Crippen molar-refractivity contribution in [3.63, 3.8) is 0 Å². The fraction of sp³-hybridized carbons (Fsp3) is 0.417. The molecule has 0 aliphatic heterocycles. The third kappa shape index (κ3) is 7.78. The molecule has 0 N–H and O–H groups in total. The highest BCUT2D eigenvalue weighted by Gasteiger charge is 2.26. The third-order valence-electron chi connectivity index (χ3n) is 4.54. The Morgan fingerprint density at radius 2 is 1.03 bits per heavy atom. The van der Waals surface area contributed by atoms with Gasteiger partial charge in [-0.15, -0.1) is 0 Å². The number of carbonyl (C=O) groups excluding carboxylic acids is 2. The number of ketones is 2. The maximum absolute atomic E-state index is 11.3. The fourth-order valence-electron chi connectivity index (χ4n) is 2.04. The van der Waals surface area contributed by atoms with Crippen LogP contribution in [0.4, 0.5) is 0 Å². The highest BCUT2D eigenvalue weighted by molar-refractivity contribution is 5.84. The molecule has 164 valence electrons. The summed E-state index contributed by atoms with van der Waals surface area (Å²) in [5.41, 5.74) is -1.58. The van der Waals surface area contributed by atoms with Gasteiger partial charge in [0, 0.05) is 6.07 Å². The second kappa shape index (κ2) is 10.7. The standard InChI is InChI=1S/2C12H16O3/c1-9(13)12(2,3)15-11-7-5-10(14-4)6-8-11;1-9(13)12(2,3)15-11-7-5-6-10(8-11)14-4/h2*5-8H,1-4H3. The summed E-state index contributed by atoms with van der Waals surface area (Å²) in [7, 11) is 3.20. The van der Waals surface area contributed by atoms with Gasteiger partial charge in [-0.2, -0.15) is 0 Å². The molecule has 0 aliphatic carbocycles. The van der Waals surface area contributed by atoms with Gasteiger partial charge < -0.3 is 18.9 Å². The number of rotatable bonds is 8. The number of methoxy groups -OCH3 is 2. The number of benzene rings is 2. The van der Waals surface area contributed by atoms with Crippen molar-refractivity contribution < 1.29 is 28.5 Å². The molecule has 0 radical (unpaired) electrons. The van der Waals surface area contributed by atoms with E-state index in [1.165, 1.54) is 13.8 Å². The molecule has 0 saturated carbocycles. The molecule has 0 amide bonds. The minimum absolute atomic E-state index is 0.00156. The lowest BCUT2D eigenvalue weighted by atomic mass is 10.1. The van der Waals surface area contributed by atoms with Crippen molar-refractivity contribution in [3.8, 4) is 23.0 Å². The van der Waals surface area contributed by atoms with E-state index < -0.39 is 11.2 Å². The largest absolute Gasteiger partial charge is 0.497 e. The molecule has 2 rings (SSSR count). The predicted octanol–water partition coefficient (Wildman–Crippen LogP) is 4.88. The van der Waals surface area contributed by atoms with Gasteiger partial charge in [0.2, 0.25) is 0 Å². The van der Waals surface area contributed by atoms with Crippen molar-refractivity contribution in [1.29, 1.82) is 0 Å². The maximum Gasteiger partial charge on any atom is 0.172 e. The normalized spacial score (nSPS) is 10.9. The Morgan fingerprint density at radius 1 is 0.633 bits per heavy atom. The molecule has 0 saturated heterocycles. The summed E-state index contributed by atoms with van der Waals surface area (Å²) in [5.74, 6) is 2.77. The first-order valence-electron chi connectivity index (χ1n) is 9.59. The Kier molecular flexibility index (Phi) is 8.90. The molecule has 6 heteroatoms. The third-order valence-corrected chi connectivity index (χ3v) is 4.54. The average Bonchev–Trinajstić information content (AvgIpc) is 2.68. The number of ether oxygens (including phenoxy) is 4. The van der Waals surface area contributed by atoms with E-state index >= 15 is 0 Å². The first-order chi connectivity index (χ1) is 13.9. The van der Waals surface area contributed by atoms with E-state index in [1.54, 1.807) is 78.3 Å². The van der Waals surface area contributed by atoms with Crippen molar-refractivity contribution >= 4 is 11.6 Å². The van der Waals surface area contributed by atoms with Crippen LogP contribution in [0.3, 0.4) is 0 Å². The zero-order chi connectivity index (χ0) is 22.9. The van der Waals surface area contributed by atoms with Crippen LogP contribution < -0.4 is 18.9 Å². The van der Waals surface area contributed by atoms with E-state index in [1.807, 2.05) is 12.1 Å². The van der Waals surface area contributed by atoms with Crippen LogP contribution >= 0.6 is 0 Å². The molecule has 30 heavy (non-hydrogen) atoms. The number of Topliss-reactive ketones (excluding diaryl/α,β-unsaturated/α-hetero) is 2. The van der Waals surface area contributed by atoms with Crippen LogP contribution in [0.1, 0.15) is 41.5 Å². The van der Waals surface area contributed by atoms with Crippen molar-refractivity contribution in [2.45, 2.75) is 52.7 Å². The fourth-order valence-corrected chi connectivity index (χ4v) is 2.04. The topological polar surface area (TPSA) is 71.1 Å². The first-order valence-corrected chi connectivity index (χ1v) is 9.59. The minimum Gasteiger partial charge on any atom is -0.497 e. The van der Waals surface area contributed by atoms with Gasteiger partial charge in [0.05, 0.1) is 14.2 Å². The zero-order valence-electron chi connectivity index (χ0n) is 19.1. The van der Waals surface area contributed by atoms with Crippen LogP contribution in [-0.4, -0.2) is 37.0 Å². The van der Waals surface area contributed by atoms with Gasteiger partial charge in [0.25, 0.3) is 0 Å². The van der Waals surface area contributed by atoms with Gasteiger partial charge in [-0.3, -0.25) is 9.59 Å². The molecule has 0 heterocycles. The monoisotopic (exact) mass is 416 g/mol. The number of carbonyl (C=O) groups is 2. The molecular weight excluding hydrogens is 384 g/mol. The van der Waals surface area contributed by atoms with E-state index in [9.17, 15) is 9.59 Å². The van der Waals surface area contributed by atoms with Gasteiger partial charge in [-0.05, 0) is 77.9 Å². The van der Waals surface area contributed by atoms with E-state index in [0.29, 0.717) is 17.2 Å². The van der Waals surface area contributed by atoms with Crippen molar-refractivity contribution in [1.82, 2.24) is 0 Å². The van der Waals surface area contributed by atoms with Crippen LogP contribution in [0, 0.1) is 0 Å². The van der Waals surface area contributed by atoms with Crippen molar-refractivity contribution in [3.05, 3.63) is 48.5 Å². The molecular formula is C24H32O6. The van der Waals surface area contributed by atoms with Crippen LogP contribution in [-0.2, 0) is 9.59 Å². The lowest BCUT2D eigenvalue weighted by Gasteiger charge is -2.23. The second-order valence-corrected chi connectivity index (χ2v) is 7.69. The Balaban J connectivity index is 0.000000300. The minimum atomic E-state index is -0.799. The number of hydrogen-bond acceptors (Lipinski definition) is 6. The summed E-state index contributed by atoms with van der Waals surface area (Å²) >= 11 is 0. The van der Waals surface area contributed by atoms with E-state index in [2.05, 4.69) is 0 Å². The van der Waals surface area contributed by atoms with Crippen LogP contribution in [0.2, 0.25) is 0 Å². The summed E-state index contributed by atoms with van der Waals surface area (Å²) in [5, 5.41) is 0. The Bertz CT molecular complexity index is 837. The molecule has 6 nitrogen and oxygen atoms in total. The molecule has 0 unspecified atom stereocenters. The molecule has 0 bridgehead atoms. The van der Waals surface area contributed by atoms with Gasteiger partial charge in [0.1, 0.15) is 23.0 Å². The lowest BCUT2D eigenvalue weighted by molar-refractivity contribution is -0.130. The molecule has 0 spiro atoms. The molecule has 0 aromatic heterocycles. The van der Waals surface area contributed by atoms with Gasteiger partial charge in [-0.25, -0.2) is 0 Å². The van der Waals surface area contributed by atoms with Crippen LogP contribution in [0.5, 0.6) is 23.0 Å². The maximum atomic E-state index is 11.3. The smallest absolute Gasteiger partial charge is 0.172 e. The predicted molar refractivity (Wildman–Crippen MR) is 117 cm³/mol. The summed E-state index contributed by atoms with van der Waals surface area (Å²) in [6, 6.07) is 14.4. The first kappa shape index (κ1) is 25.0. The van der Waals surface area contributed by atoms with E-state index in [-0.39, 0.29) is 11.6 Å². The molecule has 2 aromatic carbocycles. The van der Waals surface area contributed by atoms with E-state index in [0.717, 1.165) is 5.75 Å². The number of hydrogen-bond donors (Lipinski definition) is 0. The van der Waals surface area contributed by atoms with Crippen molar-refractivity contribution in [2.24, 2.45) is 0 Å². The van der Waals surface area contributed by atoms with Crippen LogP contribution in [0.15, 0.2) is 48.5 Å². The highest BCUT2D eigenvalue weighted by Crippen LogP contribution is 2.24. The summed E-state index contributed by atoms with van der Waals surface area (Å²) in [6.45, 7) is 10.0. The van der Waals surface area contributed by atoms with E-state index in [4.69, 9.17) is 18.9 Å². The highest BCUT2D eigenvalue weighted by atomic mass is 16.5. The summed E-state index contributed by atoms with van der Waals surface area (Å²) in [4.78, 5) is 22.5. The lowest BCUT2D eigenvalue weighted by Crippen LogP contribution is -2.36. The Labute approximate surface area is 179 Å².